The lowest BCUT2D eigenvalue weighted by Gasteiger charge is -2.31. The molecule has 0 unspecified atom stereocenters. The number of piperidine rings is 1. The summed E-state index contributed by atoms with van der Waals surface area (Å²) in [5, 5.41) is 11.5. The fraction of sp³-hybridized carbons (Fsp3) is 0.370. The zero-order valence-electron chi connectivity index (χ0n) is 19.1. The van der Waals surface area contributed by atoms with Gasteiger partial charge < -0.3 is 20.1 Å². The van der Waals surface area contributed by atoms with Crippen LogP contribution in [0.4, 0.5) is 4.79 Å². The van der Waals surface area contributed by atoms with E-state index in [1.165, 1.54) is 17.2 Å². The molecule has 2 aromatic rings. The van der Waals surface area contributed by atoms with Crippen LogP contribution in [0.2, 0.25) is 0 Å². The summed E-state index contributed by atoms with van der Waals surface area (Å²) in [4.78, 5) is 37.0. The topological polar surface area (TPSA) is 95.9 Å². The Morgan fingerprint density at radius 1 is 1.00 bits per heavy atom. The number of ether oxygens (including phenoxy) is 1. The van der Waals surface area contributed by atoms with Crippen molar-refractivity contribution in [2.75, 3.05) is 26.2 Å². The minimum absolute atomic E-state index is 0.00805. The monoisotopic (exact) mass is 462 g/mol. The van der Waals surface area contributed by atoms with Crippen molar-refractivity contribution < 1.29 is 24.2 Å². The van der Waals surface area contributed by atoms with E-state index in [0.29, 0.717) is 25.4 Å². The molecule has 0 bridgehead atoms. The molecule has 0 radical (unpaired) electrons. The van der Waals surface area contributed by atoms with Gasteiger partial charge in [-0.25, -0.2) is 4.79 Å². The number of carboxylic acid groups (broad SMARTS) is 1. The average Bonchev–Trinajstić information content (AvgIpc) is 3.18. The Labute approximate surface area is 199 Å². The quantitative estimate of drug-likeness (QED) is 0.574. The Morgan fingerprint density at radius 2 is 1.62 bits per heavy atom. The SMILES string of the molecule is O=C(O)CCC1CCN(C(=O)/C=C/CNC(=O)OCC2c3ccccc3-c3ccccc32)CC1. The van der Waals surface area contributed by atoms with Gasteiger partial charge in [0.15, 0.2) is 0 Å². The predicted molar refractivity (Wildman–Crippen MR) is 128 cm³/mol. The standard InChI is InChI=1S/C27H30N2O5/c30-25(29-16-13-19(14-17-29)11-12-26(31)32)10-5-15-28-27(33)34-18-24-22-8-3-1-6-20(22)21-7-2-4-9-23(21)24/h1-10,19,24H,11-18H2,(H,28,33)(H,31,32)/b10-5+. The third-order valence-corrected chi connectivity index (χ3v) is 6.66. The van der Waals surface area contributed by atoms with Crippen LogP contribution in [0.5, 0.6) is 0 Å². The molecular weight excluding hydrogens is 432 g/mol. The number of nitrogens with zero attached hydrogens (tertiary/aromatic N) is 1. The van der Waals surface area contributed by atoms with Gasteiger partial charge in [0.05, 0.1) is 0 Å². The van der Waals surface area contributed by atoms with Crippen molar-refractivity contribution in [3.05, 3.63) is 71.8 Å². The van der Waals surface area contributed by atoms with Gasteiger partial charge in [0.25, 0.3) is 0 Å². The summed E-state index contributed by atoms with van der Waals surface area (Å²) in [6.07, 6.45) is 5.08. The van der Waals surface area contributed by atoms with E-state index >= 15 is 0 Å². The number of alkyl carbamates (subject to hydrolysis) is 1. The molecule has 2 N–H and O–H groups in total. The van der Waals surface area contributed by atoms with Crippen molar-refractivity contribution in [2.24, 2.45) is 5.92 Å². The highest BCUT2D eigenvalue weighted by Crippen LogP contribution is 2.44. The van der Waals surface area contributed by atoms with Gasteiger partial charge in [-0.15, -0.1) is 0 Å². The fourth-order valence-corrected chi connectivity index (χ4v) is 4.83. The maximum atomic E-state index is 12.4. The molecule has 7 nitrogen and oxygen atoms in total. The van der Waals surface area contributed by atoms with E-state index in [1.807, 2.05) is 24.3 Å². The molecule has 2 amide bonds. The van der Waals surface area contributed by atoms with Crippen LogP contribution < -0.4 is 5.32 Å². The van der Waals surface area contributed by atoms with Crippen molar-refractivity contribution in [3.63, 3.8) is 0 Å². The van der Waals surface area contributed by atoms with Crippen LogP contribution in [-0.4, -0.2) is 54.2 Å². The summed E-state index contributed by atoms with van der Waals surface area (Å²) in [6.45, 7) is 1.72. The smallest absolute Gasteiger partial charge is 0.407 e. The number of hydrogen-bond acceptors (Lipinski definition) is 4. The summed E-state index contributed by atoms with van der Waals surface area (Å²) in [6, 6.07) is 16.4. The van der Waals surface area contributed by atoms with Crippen LogP contribution in [-0.2, 0) is 14.3 Å². The normalized spacial score (nSPS) is 15.7. The van der Waals surface area contributed by atoms with Gasteiger partial charge in [0, 0.05) is 38.0 Å². The summed E-state index contributed by atoms with van der Waals surface area (Å²) in [7, 11) is 0. The lowest BCUT2D eigenvalue weighted by molar-refractivity contribution is -0.137. The molecule has 2 aliphatic rings. The molecule has 0 saturated carbocycles. The van der Waals surface area contributed by atoms with E-state index < -0.39 is 12.1 Å². The van der Waals surface area contributed by atoms with E-state index in [9.17, 15) is 14.4 Å². The van der Waals surface area contributed by atoms with E-state index in [1.54, 1.807) is 11.0 Å². The molecule has 0 atom stereocenters. The molecule has 1 fully saturated rings. The van der Waals surface area contributed by atoms with E-state index in [0.717, 1.165) is 24.0 Å². The van der Waals surface area contributed by atoms with E-state index in [4.69, 9.17) is 9.84 Å². The minimum Gasteiger partial charge on any atom is -0.481 e. The average molecular weight is 463 g/mol. The van der Waals surface area contributed by atoms with Crippen molar-refractivity contribution in [1.82, 2.24) is 10.2 Å². The zero-order chi connectivity index (χ0) is 23.9. The number of carboxylic acids is 1. The van der Waals surface area contributed by atoms with Crippen molar-refractivity contribution >= 4 is 18.0 Å². The number of nitrogens with one attached hydrogen (secondary N) is 1. The fourth-order valence-electron chi connectivity index (χ4n) is 4.83. The summed E-state index contributed by atoms with van der Waals surface area (Å²) in [5.74, 6) is -0.496. The van der Waals surface area contributed by atoms with Gasteiger partial charge in [-0.05, 0) is 47.4 Å². The molecule has 0 aromatic heterocycles. The third kappa shape index (κ3) is 5.65. The molecule has 1 heterocycles. The largest absolute Gasteiger partial charge is 0.481 e. The molecule has 1 aliphatic carbocycles. The molecule has 2 aromatic carbocycles. The molecule has 0 spiro atoms. The molecule has 4 rings (SSSR count). The van der Waals surface area contributed by atoms with Crippen molar-refractivity contribution in [2.45, 2.75) is 31.6 Å². The van der Waals surface area contributed by atoms with Crippen LogP contribution in [0, 0.1) is 5.92 Å². The van der Waals surface area contributed by atoms with Gasteiger partial charge in [0.1, 0.15) is 6.61 Å². The van der Waals surface area contributed by atoms with Crippen molar-refractivity contribution in [1.29, 1.82) is 0 Å². The Morgan fingerprint density at radius 3 is 2.24 bits per heavy atom. The van der Waals surface area contributed by atoms with Gasteiger partial charge >= 0.3 is 12.1 Å². The Balaban J connectivity index is 1.19. The van der Waals surface area contributed by atoms with Gasteiger partial charge in [-0.2, -0.15) is 0 Å². The Hall–Kier alpha value is -3.61. The Kier molecular flexibility index (Phi) is 7.62. The van der Waals surface area contributed by atoms with E-state index in [2.05, 4.69) is 29.6 Å². The molecule has 1 aliphatic heterocycles. The second kappa shape index (κ2) is 11.0. The third-order valence-electron chi connectivity index (χ3n) is 6.66. The second-order valence-electron chi connectivity index (χ2n) is 8.81. The summed E-state index contributed by atoms with van der Waals surface area (Å²) < 4.78 is 5.49. The number of aliphatic carboxylic acids is 1. The number of likely N-dealkylation sites (tertiary alicyclic amines) is 1. The summed E-state index contributed by atoms with van der Waals surface area (Å²) in [5.41, 5.74) is 4.68. The second-order valence-corrected chi connectivity index (χ2v) is 8.81. The van der Waals surface area contributed by atoms with Crippen LogP contribution >= 0.6 is 0 Å². The lowest BCUT2D eigenvalue weighted by Crippen LogP contribution is -2.37. The highest BCUT2D eigenvalue weighted by Gasteiger charge is 2.29. The number of fused-ring (bicyclic) bond motifs is 3. The highest BCUT2D eigenvalue weighted by molar-refractivity contribution is 5.87. The van der Waals surface area contributed by atoms with Crippen LogP contribution in [0.25, 0.3) is 11.1 Å². The minimum atomic E-state index is -0.773. The molecule has 34 heavy (non-hydrogen) atoms. The van der Waals surface area contributed by atoms with Gasteiger partial charge in [-0.3, -0.25) is 9.59 Å². The number of benzene rings is 2. The maximum Gasteiger partial charge on any atom is 0.407 e. The van der Waals surface area contributed by atoms with Gasteiger partial charge in [-0.1, -0.05) is 54.6 Å². The predicted octanol–water partition coefficient (Wildman–Crippen LogP) is 4.18. The number of carbonyl (C=O) groups is 3. The maximum absolute atomic E-state index is 12.4. The first-order chi connectivity index (χ1) is 16.5. The molecule has 1 saturated heterocycles. The first-order valence-corrected chi connectivity index (χ1v) is 11.8. The number of amides is 2. The van der Waals surface area contributed by atoms with E-state index in [-0.39, 0.29) is 31.4 Å². The molecule has 7 heteroatoms. The highest BCUT2D eigenvalue weighted by atomic mass is 16.5. The first-order valence-electron chi connectivity index (χ1n) is 11.8. The number of rotatable bonds is 8. The van der Waals surface area contributed by atoms with Gasteiger partial charge in [0.2, 0.25) is 5.91 Å². The number of carbonyl (C=O) groups excluding carboxylic acids is 2. The zero-order valence-corrected chi connectivity index (χ0v) is 19.1. The lowest BCUT2D eigenvalue weighted by atomic mass is 9.92. The van der Waals surface area contributed by atoms with Crippen LogP contribution in [0.3, 0.4) is 0 Å². The number of hydrogen-bond donors (Lipinski definition) is 2. The Bertz CT molecular complexity index is 1030. The first kappa shape index (κ1) is 23.5. The van der Waals surface area contributed by atoms with Crippen LogP contribution in [0.15, 0.2) is 60.7 Å². The molecular formula is C27H30N2O5. The van der Waals surface area contributed by atoms with Crippen molar-refractivity contribution in [3.8, 4) is 11.1 Å². The summed E-state index contributed by atoms with van der Waals surface area (Å²) >= 11 is 0. The molecule has 178 valence electrons. The van der Waals surface area contributed by atoms with Crippen LogP contribution in [0.1, 0.15) is 42.7 Å².